The zero-order valence-corrected chi connectivity index (χ0v) is 11.0. The van der Waals surface area contributed by atoms with E-state index >= 15 is 0 Å². The maximum absolute atomic E-state index is 11.8. The summed E-state index contributed by atoms with van der Waals surface area (Å²) < 4.78 is 0. The average Bonchev–Trinajstić information content (AvgIpc) is 2.06. The molecule has 1 aliphatic rings. The Bertz CT molecular complexity index is 222. The summed E-state index contributed by atoms with van der Waals surface area (Å²) in [5, 5.41) is 0. The van der Waals surface area contributed by atoms with E-state index in [4.69, 9.17) is 0 Å². The molecule has 0 aromatic rings. The molecule has 1 fully saturated rings. The predicted octanol–water partition coefficient (Wildman–Crippen LogP) is 4.06. The molecule has 0 spiro atoms. The van der Waals surface area contributed by atoms with Gasteiger partial charge in [-0.15, -0.1) is 0 Å². The Labute approximate surface area is 94.6 Å². The number of hydrogen-bond acceptors (Lipinski definition) is 1. The minimum absolute atomic E-state index is 0.350. The molecule has 0 N–H and O–H groups in total. The second kappa shape index (κ2) is 4.67. The fourth-order valence-electron chi connectivity index (χ4n) is 2.70. The van der Waals surface area contributed by atoms with Crippen LogP contribution in [0, 0.1) is 23.2 Å². The molecule has 0 aromatic carbocycles. The molecule has 88 valence electrons. The highest BCUT2D eigenvalue weighted by Crippen LogP contribution is 2.40. The number of carbonyl (C=O) groups is 1. The average molecular weight is 210 g/mol. The van der Waals surface area contributed by atoms with E-state index in [2.05, 4.69) is 34.6 Å². The van der Waals surface area contributed by atoms with Gasteiger partial charge in [-0.1, -0.05) is 34.6 Å². The summed E-state index contributed by atoms with van der Waals surface area (Å²) in [7, 11) is 0. The molecule has 1 rings (SSSR count). The first-order valence-electron chi connectivity index (χ1n) is 6.33. The number of rotatable bonds is 2. The van der Waals surface area contributed by atoms with E-state index in [0.717, 1.165) is 31.6 Å². The minimum atomic E-state index is 0.350. The summed E-state index contributed by atoms with van der Waals surface area (Å²) in [5.74, 6) is 2.25. The van der Waals surface area contributed by atoms with Crippen LogP contribution in [-0.4, -0.2) is 5.78 Å². The van der Waals surface area contributed by atoms with Crippen LogP contribution < -0.4 is 0 Å². The van der Waals surface area contributed by atoms with Crippen molar-refractivity contribution in [2.24, 2.45) is 23.2 Å². The zero-order chi connectivity index (χ0) is 11.6. The summed E-state index contributed by atoms with van der Waals surface area (Å²) in [6.45, 7) is 11.3. The Hall–Kier alpha value is -0.330. The lowest BCUT2D eigenvalue weighted by molar-refractivity contribution is -0.127. The molecular formula is C14H26O. The molecule has 0 radical (unpaired) electrons. The first-order valence-corrected chi connectivity index (χ1v) is 6.33. The van der Waals surface area contributed by atoms with Gasteiger partial charge < -0.3 is 0 Å². The van der Waals surface area contributed by atoms with Crippen molar-refractivity contribution in [3.63, 3.8) is 0 Å². The molecule has 0 amide bonds. The quantitative estimate of drug-likeness (QED) is 0.671. The van der Waals surface area contributed by atoms with E-state index in [9.17, 15) is 4.79 Å². The van der Waals surface area contributed by atoms with Gasteiger partial charge >= 0.3 is 0 Å². The van der Waals surface area contributed by atoms with E-state index in [-0.39, 0.29) is 0 Å². The van der Waals surface area contributed by atoms with E-state index < -0.39 is 0 Å². The molecule has 0 heterocycles. The van der Waals surface area contributed by atoms with Gasteiger partial charge in [0.15, 0.2) is 0 Å². The third-order valence-corrected chi connectivity index (χ3v) is 3.74. The molecule has 0 bridgehead atoms. The molecule has 1 saturated carbocycles. The van der Waals surface area contributed by atoms with Crippen molar-refractivity contribution in [2.45, 2.75) is 60.3 Å². The number of Topliss-reactive ketones (excluding diaryl/α,β-unsaturated/α-hetero) is 1. The second-order valence-electron chi connectivity index (χ2n) is 6.63. The molecule has 0 aromatic heterocycles. The first-order chi connectivity index (χ1) is 6.80. The molecule has 0 aliphatic heterocycles. The zero-order valence-electron chi connectivity index (χ0n) is 11.0. The van der Waals surface area contributed by atoms with Gasteiger partial charge in [0.05, 0.1) is 0 Å². The number of carbonyl (C=O) groups excluding carboxylic acids is 1. The lowest BCUT2D eigenvalue weighted by atomic mass is 9.67. The summed E-state index contributed by atoms with van der Waals surface area (Å²) in [6, 6.07) is 0. The van der Waals surface area contributed by atoms with Gasteiger partial charge in [-0.25, -0.2) is 0 Å². The third kappa shape index (κ3) is 3.62. The third-order valence-electron chi connectivity index (χ3n) is 3.74. The van der Waals surface area contributed by atoms with Gasteiger partial charge in [-0.3, -0.25) is 4.79 Å². The lowest BCUT2D eigenvalue weighted by Crippen LogP contribution is -2.32. The van der Waals surface area contributed by atoms with Crippen LogP contribution in [0.3, 0.4) is 0 Å². The molecule has 15 heavy (non-hydrogen) atoms. The van der Waals surface area contributed by atoms with Crippen LogP contribution in [0.1, 0.15) is 60.3 Å². The van der Waals surface area contributed by atoms with Crippen molar-refractivity contribution in [1.29, 1.82) is 0 Å². The summed E-state index contributed by atoms with van der Waals surface area (Å²) in [5.41, 5.74) is 0.371. The van der Waals surface area contributed by atoms with Crippen LogP contribution in [0.4, 0.5) is 0 Å². The van der Waals surface area contributed by atoms with Crippen LogP contribution in [-0.2, 0) is 4.79 Å². The highest BCUT2D eigenvalue weighted by Gasteiger charge is 2.34. The van der Waals surface area contributed by atoms with Gasteiger partial charge in [0.1, 0.15) is 5.78 Å². The van der Waals surface area contributed by atoms with Gasteiger partial charge in [-0.2, -0.15) is 0 Å². The lowest BCUT2D eigenvalue weighted by Gasteiger charge is -2.37. The molecule has 1 heteroatoms. The molecule has 2 unspecified atom stereocenters. The Morgan fingerprint density at radius 3 is 2.40 bits per heavy atom. The minimum Gasteiger partial charge on any atom is -0.299 e. The fraction of sp³-hybridized carbons (Fsp3) is 0.929. The second-order valence-corrected chi connectivity index (χ2v) is 6.63. The van der Waals surface area contributed by atoms with Crippen LogP contribution in [0.15, 0.2) is 0 Å². The molecular weight excluding hydrogens is 184 g/mol. The van der Waals surface area contributed by atoms with E-state index in [0.29, 0.717) is 23.0 Å². The molecule has 1 nitrogen and oxygen atoms in total. The smallest absolute Gasteiger partial charge is 0.136 e. The van der Waals surface area contributed by atoms with E-state index in [1.165, 1.54) is 0 Å². The Kier molecular flexibility index (Phi) is 3.97. The first kappa shape index (κ1) is 12.7. The van der Waals surface area contributed by atoms with Crippen molar-refractivity contribution in [1.82, 2.24) is 0 Å². The topological polar surface area (TPSA) is 17.1 Å². The van der Waals surface area contributed by atoms with Gasteiger partial charge in [0.2, 0.25) is 0 Å². The Morgan fingerprint density at radius 1 is 1.33 bits per heavy atom. The van der Waals surface area contributed by atoms with Crippen molar-refractivity contribution in [3.8, 4) is 0 Å². The van der Waals surface area contributed by atoms with Crippen LogP contribution in [0.2, 0.25) is 0 Å². The highest BCUT2D eigenvalue weighted by atomic mass is 16.1. The molecule has 0 saturated heterocycles. The standard InChI is InChI=1S/C14H26O/c1-10(2)8-11-9-12(14(3,4)5)6-7-13(11)15/h10-12H,6-9H2,1-5H3. The highest BCUT2D eigenvalue weighted by molar-refractivity contribution is 5.81. The van der Waals surface area contributed by atoms with Gasteiger partial charge in [0.25, 0.3) is 0 Å². The predicted molar refractivity (Wildman–Crippen MR) is 64.7 cm³/mol. The van der Waals surface area contributed by atoms with Crippen molar-refractivity contribution < 1.29 is 4.79 Å². The summed E-state index contributed by atoms with van der Waals surface area (Å²) in [6.07, 6.45) is 4.14. The van der Waals surface area contributed by atoms with E-state index in [1.807, 2.05) is 0 Å². The van der Waals surface area contributed by atoms with Crippen molar-refractivity contribution in [3.05, 3.63) is 0 Å². The maximum atomic E-state index is 11.8. The van der Waals surface area contributed by atoms with Crippen LogP contribution in [0.25, 0.3) is 0 Å². The van der Waals surface area contributed by atoms with Crippen molar-refractivity contribution in [2.75, 3.05) is 0 Å². The number of hydrogen-bond donors (Lipinski definition) is 0. The maximum Gasteiger partial charge on any atom is 0.136 e. The Morgan fingerprint density at radius 2 is 1.93 bits per heavy atom. The monoisotopic (exact) mass is 210 g/mol. The van der Waals surface area contributed by atoms with Crippen molar-refractivity contribution >= 4 is 5.78 Å². The normalized spacial score (nSPS) is 28.5. The van der Waals surface area contributed by atoms with Crippen LogP contribution >= 0.6 is 0 Å². The Balaban J connectivity index is 2.60. The summed E-state index contributed by atoms with van der Waals surface area (Å²) in [4.78, 5) is 11.8. The molecule has 1 aliphatic carbocycles. The van der Waals surface area contributed by atoms with Gasteiger partial charge in [0, 0.05) is 12.3 Å². The van der Waals surface area contributed by atoms with Crippen LogP contribution in [0.5, 0.6) is 0 Å². The van der Waals surface area contributed by atoms with Gasteiger partial charge in [-0.05, 0) is 36.5 Å². The molecule has 2 atom stereocenters. The van der Waals surface area contributed by atoms with E-state index in [1.54, 1.807) is 0 Å². The largest absolute Gasteiger partial charge is 0.299 e. The fourth-order valence-corrected chi connectivity index (χ4v) is 2.70. The SMILES string of the molecule is CC(C)CC1CC(C(C)(C)C)CCC1=O. The summed E-state index contributed by atoms with van der Waals surface area (Å²) >= 11 is 0. The number of ketones is 1.